The van der Waals surface area contributed by atoms with E-state index in [1.807, 2.05) is 0 Å². The van der Waals surface area contributed by atoms with E-state index in [9.17, 15) is 0 Å². The van der Waals surface area contributed by atoms with E-state index in [1.54, 1.807) is 0 Å². The number of alkyl halides is 1. The molecule has 1 saturated carbocycles. The number of fused-ring (bicyclic) bond motifs is 1. The van der Waals surface area contributed by atoms with Gasteiger partial charge in [0, 0.05) is 11.4 Å². The minimum Gasteiger partial charge on any atom is -0.300 e. The fourth-order valence-corrected chi connectivity index (χ4v) is 3.99. The van der Waals surface area contributed by atoms with Crippen molar-refractivity contribution in [2.45, 2.75) is 63.8 Å². The third-order valence-corrected chi connectivity index (χ3v) is 5.00. The molecule has 2 fully saturated rings. The molecule has 2 unspecified atom stereocenters. The molecule has 2 heteroatoms. The first-order valence-electron chi connectivity index (χ1n) is 7.22. The Morgan fingerprint density at radius 1 is 0.938 bits per heavy atom. The standard InChI is InChI=1S/C14H26BrN/c15-10-4-1-5-11-16-12-6-8-13-7-2-3-9-14(13)16/h13-14H,1-12H2. The number of likely N-dealkylation sites (tertiary alicyclic amines) is 1. The number of halogens is 1. The Balaban J connectivity index is 1.74. The monoisotopic (exact) mass is 287 g/mol. The van der Waals surface area contributed by atoms with Gasteiger partial charge in [-0.25, -0.2) is 0 Å². The summed E-state index contributed by atoms with van der Waals surface area (Å²) in [6, 6.07) is 0.964. The molecular formula is C14H26BrN. The third-order valence-electron chi connectivity index (χ3n) is 4.44. The molecule has 94 valence electrons. The van der Waals surface area contributed by atoms with Gasteiger partial charge in [0.2, 0.25) is 0 Å². The van der Waals surface area contributed by atoms with E-state index in [0.717, 1.165) is 12.0 Å². The molecule has 1 heterocycles. The van der Waals surface area contributed by atoms with Gasteiger partial charge in [-0.05, 0) is 57.5 Å². The smallest absolute Gasteiger partial charge is 0.0123 e. The van der Waals surface area contributed by atoms with E-state index in [4.69, 9.17) is 0 Å². The van der Waals surface area contributed by atoms with Gasteiger partial charge in [-0.15, -0.1) is 0 Å². The van der Waals surface area contributed by atoms with Crippen LogP contribution in [0.4, 0.5) is 0 Å². The van der Waals surface area contributed by atoms with Gasteiger partial charge in [0.05, 0.1) is 0 Å². The van der Waals surface area contributed by atoms with Gasteiger partial charge in [0.25, 0.3) is 0 Å². The lowest BCUT2D eigenvalue weighted by Gasteiger charge is -2.44. The molecular weight excluding hydrogens is 262 g/mol. The summed E-state index contributed by atoms with van der Waals surface area (Å²) in [5, 5.41) is 1.18. The molecule has 0 amide bonds. The number of piperidine rings is 1. The summed E-state index contributed by atoms with van der Waals surface area (Å²) in [7, 11) is 0. The Hall–Kier alpha value is 0.440. The highest BCUT2D eigenvalue weighted by atomic mass is 79.9. The zero-order valence-electron chi connectivity index (χ0n) is 10.5. The minimum absolute atomic E-state index is 0.964. The summed E-state index contributed by atoms with van der Waals surface area (Å²) in [4.78, 5) is 2.82. The number of hydrogen-bond donors (Lipinski definition) is 0. The Kier molecular flexibility index (Phi) is 5.64. The van der Waals surface area contributed by atoms with Crippen LogP contribution in [0.25, 0.3) is 0 Å². The van der Waals surface area contributed by atoms with Crippen molar-refractivity contribution in [2.75, 3.05) is 18.4 Å². The first kappa shape index (κ1) is 12.9. The molecule has 0 aromatic rings. The van der Waals surface area contributed by atoms with Gasteiger partial charge < -0.3 is 4.90 Å². The van der Waals surface area contributed by atoms with Crippen LogP contribution < -0.4 is 0 Å². The van der Waals surface area contributed by atoms with E-state index in [1.165, 1.54) is 76.2 Å². The predicted molar refractivity (Wildman–Crippen MR) is 74.2 cm³/mol. The lowest BCUT2D eigenvalue weighted by Crippen LogP contribution is -2.47. The van der Waals surface area contributed by atoms with Gasteiger partial charge in [-0.3, -0.25) is 0 Å². The number of hydrogen-bond acceptors (Lipinski definition) is 1. The fourth-order valence-electron chi connectivity index (χ4n) is 3.59. The van der Waals surface area contributed by atoms with E-state index in [2.05, 4.69) is 20.8 Å². The van der Waals surface area contributed by atoms with Crippen LogP contribution in [0.5, 0.6) is 0 Å². The molecule has 0 aromatic carbocycles. The maximum absolute atomic E-state index is 3.52. The average Bonchev–Trinajstić information content (AvgIpc) is 2.35. The Morgan fingerprint density at radius 3 is 2.62 bits per heavy atom. The molecule has 2 aliphatic rings. The SMILES string of the molecule is BrCCCCCN1CCCC2CCCCC21. The van der Waals surface area contributed by atoms with Gasteiger partial charge in [-0.2, -0.15) is 0 Å². The van der Waals surface area contributed by atoms with Crippen LogP contribution in [0, 0.1) is 5.92 Å². The molecule has 1 saturated heterocycles. The molecule has 1 aliphatic heterocycles. The lowest BCUT2D eigenvalue weighted by atomic mass is 9.78. The summed E-state index contributed by atoms with van der Waals surface area (Å²) in [6.07, 6.45) is 13.1. The highest BCUT2D eigenvalue weighted by molar-refractivity contribution is 9.09. The quantitative estimate of drug-likeness (QED) is 0.541. The van der Waals surface area contributed by atoms with Crippen LogP contribution >= 0.6 is 15.9 Å². The zero-order valence-corrected chi connectivity index (χ0v) is 12.1. The van der Waals surface area contributed by atoms with Crippen molar-refractivity contribution in [3.63, 3.8) is 0 Å². The average molecular weight is 288 g/mol. The van der Waals surface area contributed by atoms with E-state index < -0.39 is 0 Å². The van der Waals surface area contributed by atoms with Gasteiger partial charge in [0.15, 0.2) is 0 Å². The highest BCUT2D eigenvalue weighted by Gasteiger charge is 2.32. The molecule has 2 rings (SSSR count). The Labute approximate surface area is 109 Å². The van der Waals surface area contributed by atoms with Crippen molar-refractivity contribution in [2.24, 2.45) is 5.92 Å². The number of rotatable bonds is 5. The molecule has 0 aromatic heterocycles. The fraction of sp³-hybridized carbons (Fsp3) is 1.00. The summed E-state index contributed by atoms with van der Waals surface area (Å²) in [6.45, 7) is 2.75. The van der Waals surface area contributed by atoms with Crippen molar-refractivity contribution in [3.05, 3.63) is 0 Å². The van der Waals surface area contributed by atoms with Crippen LogP contribution in [0.3, 0.4) is 0 Å². The summed E-state index contributed by atoms with van der Waals surface area (Å²) in [5.41, 5.74) is 0. The highest BCUT2D eigenvalue weighted by Crippen LogP contribution is 2.35. The second-order valence-corrected chi connectivity index (χ2v) is 6.33. The molecule has 0 N–H and O–H groups in total. The predicted octanol–water partition coefficient (Wildman–Crippen LogP) is 4.21. The maximum Gasteiger partial charge on any atom is 0.0123 e. The van der Waals surface area contributed by atoms with Gasteiger partial charge >= 0.3 is 0 Å². The van der Waals surface area contributed by atoms with Crippen LogP contribution in [0.2, 0.25) is 0 Å². The van der Waals surface area contributed by atoms with Gasteiger partial charge in [0.1, 0.15) is 0 Å². The van der Waals surface area contributed by atoms with E-state index in [0.29, 0.717) is 0 Å². The van der Waals surface area contributed by atoms with Crippen LogP contribution in [-0.2, 0) is 0 Å². The minimum atomic E-state index is 0.964. The largest absolute Gasteiger partial charge is 0.300 e. The summed E-state index contributed by atoms with van der Waals surface area (Å²) in [5.74, 6) is 1.05. The van der Waals surface area contributed by atoms with E-state index in [-0.39, 0.29) is 0 Å². The molecule has 16 heavy (non-hydrogen) atoms. The van der Waals surface area contributed by atoms with Crippen molar-refractivity contribution in [3.8, 4) is 0 Å². The Morgan fingerprint density at radius 2 is 1.75 bits per heavy atom. The number of unbranched alkanes of at least 4 members (excludes halogenated alkanes) is 2. The summed E-state index contributed by atoms with van der Waals surface area (Å²) >= 11 is 3.52. The topological polar surface area (TPSA) is 3.24 Å². The molecule has 1 nitrogen and oxygen atoms in total. The summed E-state index contributed by atoms with van der Waals surface area (Å²) < 4.78 is 0. The lowest BCUT2D eigenvalue weighted by molar-refractivity contribution is 0.0596. The van der Waals surface area contributed by atoms with Crippen LogP contribution in [0.15, 0.2) is 0 Å². The molecule has 0 bridgehead atoms. The molecule has 2 atom stereocenters. The number of nitrogens with zero attached hydrogens (tertiary/aromatic N) is 1. The third kappa shape index (κ3) is 3.46. The van der Waals surface area contributed by atoms with Crippen LogP contribution in [0.1, 0.15) is 57.8 Å². The second kappa shape index (κ2) is 7.00. The molecule has 1 aliphatic carbocycles. The normalized spacial score (nSPS) is 31.3. The van der Waals surface area contributed by atoms with Crippen molar-refractivity contribution >= 4 is 15.9 Å². The van der Waals surface area contributed by atoms with Gasteiger partial charge in [-0.1, -0.05) is 35.2 Å². The first-order chi connectivity index (χ1) is 7.92. The van der Waals surface area contributed by atoms with Crippen molar-refractivity contribution < 1.29 is 0 Å². The maximum atomic E-state index is 3.52. The second-order valence-electron chi connectivity index (χ2n) is 5.54. The first-order valence-corrected chi connectivity index (χ1v) is 8.34. The van der Waals surface area contributed by atoms with Crippen molar-refractivity contribution in [1.82, 2.24) is 4.90 Å². The van der Waals surface area contributed by atoms with Crippen LogP contribution in [-0.4, -0.2) is 29.4 Å². The molecule has 0 spiro atoms. The van der Waals surface area contributed by atoms with E-state index >= 15 is 0 Å². The van der Waals surface area contributed by atoms with Crippen molar-refractivity contribution in [1.29, 1.82) is 0 Å². The molecule has 0 radical (unpaired) electrons. The Bertz CT molecular complexity index is 193. The zero-order chi connectivity index (χ0) is 11.2.